The third-order valence-corrected chi connectivity index (χ3v) is 2.62. The summed E-state index contributed by atoms with van der Waals surface area (Å²) in [6.07, 6.45) is 10.4. The lowest BCUT2D eigenvalue weighted by atomic mass is 10.1. The third-order valence-electron chi connectivity index (χ3n) is 2.62. The molecular formula is C13H23O2-. The number of hydrogen-bond donors (Lipinski definition) is 0. The highest BCUT2D eigenvalue weighted by molar-refractivity contribution is 5.83. The first-order valence-electron chi connectivity index (χ1n) is 6.07. The van der Waals surface area contributed by atoms with Crippen LogP contribution in [0.25, 0.3) is 0 Å². The summed E-state index contributed by atoms with van der Waals surface area (Å²) in [4.78, 5) is 10.3. The van der Waals surface area contributed by atoms with Gasteiger partial charge in [0.1, 0.15) is 0 Å². The first-order chi connectivity index (χ1) is 7.18. The van der Waals surface area contributed by atoms with E-state index in [-0.39, 0.29) is 5.57 Å². The minimum Gasteiger partial charge on any atom is -0.545 e. The molecule has 0 aromatic heterocycles. The maximum Gasteiger partial charge on any atom is 0.0668 e. The van der Waals surface area contributed by atoms with Crippen molar-refractivity contribution < 1.29 is 9.90 Å². The molecule has 0 rings (SSSR count). The second-order valence-corrected chi connectivity index (χ2v) is 4.12. The van der Waals surface area contributed by atoms with Gasteiger partial charge < -0.3 is 9.90 Å². The van der Waals surface area contributed by atoms with Gasteiger partial charge in [0.2, 0.25) is 0 Å². The Bertz CT molecular complexity index is 185. The monoisotopic (exact) mass is 211 g/mol. The molecule has 88 valence electrons. The van der Waals surface area contributed by atoms with Crippen molar-refractivity contribution in [2.24, 2.45) is 0 Å². The Morgan fingerprint density at radius 2 is 1.47 bits per heavy atom. The van der Waals surface area contributed by atoms with E-state index in [1.807, 2.05) is 0 Å². The smallest absolute Gasteiger partial charge is 0.0668 e. The first kappa shape index (κ1) is 14.2. The van der Waals surface area contributed by atoms with Crippen LogP contribution in [0.3, 0.4) is 0 Å². The molecule has 0 spiro atoms. The van der Waals surface area contributed by atoms with Crippen LogP contribution in [0.15, 0.2) is 12.2 Å². The number of carboxylic acid groups (broad SMARTS) is 1. The molecule has 0 fully saturated rings. The highest BCUT2D eigenvalue weighted by Gasteiger charge is 1.95. The van der Waals surface area contributed by atoms with Crippen molar-refractivity contribution >= 4 is 5.97 Å². The van der Waals surface area contributed by atoms with Gasteiger partial charge in [-0.05, 0) is 18.4 Å². The van der Waals surface area contributed by atoms with Crippen LogP contribution in [0, 0.1) is 0 Å². The van der Waals surface area contributed by atoms with Crippen LogP contribution in [0.1, 0.15) is 64.7 Å². The Morgan fingerprint density at radius 3 is 1.93 bits per heavy atom. The summed E-state index contributed by atoms with van der Waals surface area (Å²) in [6.45, 7) is 5.66. The minimum atomic E-state index is -1.10. The fourth-order valence-corrected chi connectivity index (χ4v) is 1.57. The van der Waals surface area contributed by atoms with E-state index in [1.54, 1.807) is 0 Å². The summed E-state index contributed by atoms with van der Waals surface area (Å²) in [5, 5.41) is 10.3. The fourth-order valence-electron chi connectivity index (χ4n) is 1.57. The molecule has 0 bridgehead atoms. The fraction of sp³-hybridized carbons (Fsp3) is 0.769. The van der Waals surface area contributed by atoms with E-state index in [4.69, 9.17) is 0 Å². The second kappa shape index (κ2) is 9.75. The summed E-state index contributed by atoms with van der Waals surface area (Å²) in [6, 6.07) is 0. The number of rotatable bonds is 10. The van der Waals surface area contributed by atoms with Gasteiger partial charge >= 0.3 is 0 Å². The number of carboxylic acids is 1. The molecule has 2 heteroatoms. The minimum absolute atomic E-state index is 0.237. The van der Waals surface area contributed by atoms with Crippen LogP contribution in [-0.2, 0) is 4.79 Å². The van der Waals surface area contributed by atoms with Crippen LogP contribution in [0.4, 0.5) is 0 Å². The number of unbranched alkanes of at least 4 members (excludes halogenated alkanes) is 7. The molecule has 0 aliphatic heterocycles. The Kier molecular flexibility index (Phi) is 9.24. The molecule has 15 heavy (non-hydrogen) atoms. The molecule has 0 aromatic rings. The molecule has 0 saturated heterocycles. The van der Waals surface area contributed by atoms with Gasteiger partial charge in [0, 0.05) is 0 Å². The summed E-state index contributed by atoms with van der Waals surface area (Å²) >= 11 is 0. The average molecular weight is 211 g/mol. The second-order valence-electron chi connectivity index (χ2n) is 4.12. The standard InChI is InChI=1S/C13H24O2/c1-3-4-5-6-7-8-9-10-11-12(2)13(14)15/h2-11H2,1H3,(H,14,15)/p-1. The van der Waals surface area contributed by atoms with Crippen molar-refractivity contribution in [3.63, 3.8) is 0 Å². The van der Waals surface area contributed by atoms with Gasteiger partial charge in [0.05, 0.1) is 5.97 Å². The molecule has 0 saturated carbocycles. The van der Waals surface area contributed by atoms with Crippen LogP contribution >= 0.6 is 0 Å². The maximum atomic E-state index is 10.3. The molecule has 0 radical (unpaired) electrons. The van der Waals surface area contributed by atoms with Crippen molar-refractivity contribution in [2.45, 2.75) is 64.7 Å². The topological polar surface area (TPSA) is 40.1 Å². The molecule has 0 amide bonds. The number of aliphatic carboxylic acids is 1. The SMILES string of the molecule is C=C(CCCCCCCCCC)C(=O)[O-]. The molecule has 0 unspecified atom stereocenters. The predicted octanol–water partition coefficient (Wildman–Crippen LogP) is 2.82. The Labute approximate surface area is 93.4 Å². The van der Waals surface area contributed by atoms with Gasteiger partial charge in [-0.25, -0.2) is 0 Å². The highest BCUT2D eigenvalue weighted by Crippen LogP contribution is 2.11. The van der Waals surface area contributed by atoms with Gasteiger partial charge in [-0.2, -0.15) is 0 Å². The Hall–Kier alpha value is -0.790. The molecule has 0 aliphatic carbocycles. The summed E-state index contributed by atoms with van der Waals surface area (Å²) < 4.78 is 0. The number of carbonyl (C=O) groups excluding carboxylic acids is 1. The van der Waals surface area contributed by atoms with Gasteiger partial charge in [0.25, 0.3) is 0 Å². The van der Waals surface area contributed by atoms with Crippen LogP contribution < -0.4 is 5.11 Å². The number of carbonyl (C=O) groups is 1. The predicted molar refractivity (Wildman–Crippen MR) is 61.4 cm³/mol. The highest BCUT2D eigenvalue weighted by atomic mass is 16.4. The van der Waals surface area contributed by atoms with Gasteiger partial charge in [-0.3, -0.25) is 0 Å². The van der Waals surface area contributed by atoms with Crippen molar-refractivity contribution in [1.29, 1.82) is 0 Å². The largest absolute Gasteiger partial charge is 0.545 e. The molecule has 0 atom stereocenters. The van der Waals surface area contributed by atoms with E-state index < -0.39 is 5.97 Å². The van der Waals surface area contributed by atoms with Crippen LogP contribution in [0.5, 0.6) is 0 Å². The van der Waals surface area contributed by atoms with E-state index >= 15 is 0 Å². The lowest BCUT2D eigenvalue weighted by Gasteiger charge is -2.05. The molecule has 0 heterocycles. The van der Waals surface area contributed by atoms with E-state index in [1.165, 1.54) is 38.5 Å². The van der Waals surface area contributed by atoms with Gasteiger partial charge in [0.15, 0.2) is 0 Å². The zero-order valence-corrected chi connectivity index (χ0v) is 9.89. The van der Waals surface area contributed by atoms with E-state index in [9.17, 15) is 9.90 Å². The molecule has 0 aromatic carbocycles. The van der Waals surface area contributed by atoms with Gasteiger partial charge in [-0.1, -0.05) is 58.4 Å². The summed E-state index contributed by atoms with van der Waals surface area (Å²) in [5.41, 5.74) is 0.237. The van der Waals surface area contributed by atoms with Gasteiger partial charge in [-0.15, -0.1) is 0 Å². The molecule has 0 N–H and O–H groups in total. The normalized spacial score (nSPS) is 10.2. The summed E-state index contributed by atoms with van der Waals surface area (Å²) in [7, 11) is 0. The lowest BCUT2D eigenvalue weighted by Crippen LogP contribution is -2.23. The van der Waals surface area contributed by atoms with Crippen LogP contribution in [-0.4, -0.2) is 5.97 Å². The van der Waals surface area contributed by atoms with Crippen molar-refractivity contribution in [2.75, 3.05) is 0 Å². The Morgan fingerprint density at radius 1 is 1.00 bits per heavy atom. The molecule has 0 aliphatic rings. The van der Waals surface area contributed by atoms with Crippen molar-refractivity contribution in [1.82, 2.24) is 0 Å². The maximum absolute atomic E-state index is 10.3. The zero-order valence-electron chi connectivity index (χ0n) is 9.89. The first-order valence-corrected chi connectivity index (χ1v) is 6.07. The van der Waals surface area contributed by atoms with Crippen molar-refractivity contribution in [3.05, 3.63) is 12.2 Å². The van der Waals surface area contributed by atoms with Crippen molar-refractivity contribution in [3.8, 4) is 0 Å². The molecular weight excluding hydrogens is 188 g/mol. The molecule has 2 nitrogen and oxygen atoms in total. The van der Waals surface area contributed by atoms with E-state index in [0.717, 1.165) is 12.8 Å². The quantitative estimate of drug-likeness (QED) is 0.412. The summed E-state index contributed by atoms with van der Waals surface area (Å²) in [5.74, 6) is -1.10. The zero-order chi connectivity index (χ0) is 11.5. The van der Waals surface area contributed by atoms with Crippen LogP contribution in [0.2, 0.25) is 0 Å². The van der Waals surface area contributed by atoms with E-state index in [2.05, 4.69) is 13.5 Å². The van der Waals surface area contributed by atoms with E-state index in [0.29, 0.717) is 6.42 Å². The third kappa shape index (κ3) is 9.51. The Balaban J connectivity index is 3.11. The number of hydrogen-bond acceptors (Lipinski definition) is 2. The average Bonchev–Trinajstić information content (AvgIpc) is 2.21. The lowest BCUT2D eigenvalue weighted by molar-refractivity contribution is -0.299.